The van der Waals surface area contributed by atoms with Crippen LogP contribution in [0.1, 0.15) is 12.7 Å². The van der Waals surface area contributed by atoms with Crippen molar-refractivity contribution in [2.75, 3.05) is 77.9 Å². The number of fused-ring (bicyclic) bond motifs is 3. The summed E-state index contributed by atoms with van der Waals surface area (Å²) in [6.45, 7) is 11.3. The minimum absolute atomic E-state index is 0.359. The van der Waals surface area contributed by atoms with Crippen molar-refractivity contribution >= 4 is 27.8 Å². The molecule has 0 unspecified atom stereocenters. The lowest BCUT2D eigenvalue weighted by atomic mass is 10.1. The molecule has 2 saturated heterocycles. The monoisotopic (exact) mass is 457 g/mol. The van der Waals surface area contributed by atoms with Gasteiger partial charge in [0.25, 0.3) is 0 Å². The third kappa shape index (κ3) is 4.29. The highest BCUT2D eigenvalue weighted by Gasteiger charge is 2.25. The normalized spacial score (nSPS) is 19.2. The van der Waals surface area contributed by atoms with Crippen molar-refractivity contribution in [2.45, 2.75) is 19.9 Å². The molecule has 7 nitrogen and oxygen atoms in total. The lowest BCUT2D eigenvalue weighted by Crippen LogP contribution is -2.45. The molecule has 0 radical (unpaired) electrons. The summed E-state index contributed by atoms with van der Waals surface area (Å²) in [5.41, 5.74) is 1.84. The third-order valence-corrected chi connectivity index (χ3v) is 7.11. The van der Waals surface area contributed by atoms with Crippen LogP contribution in [-0.2, 0) is 13.0 Å². The van der Waals surface area contributed by atoms with Crippen molar-refractivity contribution in [1.29, 1.82) is 0 Å². The van der Waals surface area contributed by atoms with Crippen LogP contribution in [0.4, 0.5) is 14.6 Å². The molecule has 5 rings (SSSR count). The van der Waals surface area contributed by atoms with Gasteiger partial charge in [-0.1, -0.05) is 6.92 Å². The van der Waals surface area contributed by atoms with E-state index in [1.54, 1.807) is 0 Å². The summed E-state index contributed by atoms with van der Waals surface area (Å²) in [6, 6.07) is 2.31. The molecular formula is C24H33F2N7. The number of aryl methyl sites for hydroxylation is 1. The number of rotatable bonds is 5. The fourth-order valence-corrected chi connectivity index (χ4v) is 5.02. The van der Waals surface area contributed by atoms with Gasteiger partial charge in [0.15, 0.2) is 5.82 Å². The number of nitrogens with zero attached hydrogens (tertiary/aromatic N) is 7. The molecule has 178 valence electrons. The quantitative estimate of drug-likeness (QED) is 0.587. The van der Waals surface area contributed by atoms with E-state index in [4.69, 9.17) is 9.97 Å². The van der Waals surface area contributed by atoms with Crippen LogP contribution in [0, 0.1) is 11.6 Å². The van der Waals surface area contributed by atoms with Gasteiger partial charge < -0.3 is 19.3 Å². The molecule has 4 heterocycles. The number of aromatic nitrogens is 3. The van der Waals surface area contributed by atoms with Gasteiger partial charge in [-0.2, -0.15) is 0 Å². The molecule has 0 aliphatic carbocycles. The summed E-state index contributed by atoms with van der Waals surface area (Å²) in [6.07, 6.45) is 0.740. The summed E-state index contributed by atoms with van der Waals surface area (Å²) < 4.78 is 31.5. The highest BCUT2D eigenvalue weighted by Crippen LogP contribution is 2.34. The second-order valence-corrected chi connectivity index (χ2v) is 9.38. The molecule has 0 bridgehead atoms. The molecule has 2 aromatic heterocycles. The Morgan fingerprint density at radius 3 is 2.18 bits per heavy atom. The second-order valence-electron chi connectivity index (χ2n) is 9.38. The van der Waals surface area contributed by atoms with E-state index in [-0.39, 0.29) is 0 Å². The number of piperazine rings is 2. The molecule has 33 heavy (non-hydrogen) atoms. The Hall–Kier alpha value is -2.36. The number of likely N-dealkylation sites (N-methyl/N-ethyl adjacent to an activating group) is 2. The minimum Gasteiger partial charge on any atom is -0.352 e. The van der Waals surface area contributed by atoms with Crippen molar-refractivity contribution in [3.8, 4) is 0 Å². The molecule has 2 aliphatic rings. The van der Waals surface area contributed by atoms with Crippen LogP contribution >= 0.6 is 0 Å². The molecule has 2 fully saturated rings. The molecule has 9 heteroatoms. The summed E-state index contributed by atoms with van der Waals surface area (Å²) >= 11 is 0. The van der Waals surface area contributed by atoms with Crippen molar-refractivity contribution in [3.63, 3.8) is 0 Å². The molecular weight excluding hydrogens is 424 g/mol. The topological polar surface area (TPSA) is 43.7 Å². The summed E-state index contributed by atoms with van der Waals surface area (Å²) in [7, 11) is 4.25. The molecule has 1 aromatic carbocycles. The molecule has 3 aromatic rings. The number of hydrogen-bond donors (Lipinski definition) is 0. The van der Waals surface area contributed by atoms with Gasteiger partial charge >= 0.3 is 0 Å². The van der Waals surface area contributed by atoms with E-state index >= 15 is 4.39 Å². The van der Waals surface area contributed by atoms with E-state index in [2.05, 4.69) is 45.2 Å². The van der Waals surface area contributed by atoms with Crippen LogP contribution in [0.3, 0.4) is 0 Å². The van der Waals surface area contributed by atoms with Crippen LogP contribution in [0.25, 0.3) is 21.9 Å². The Morgan fingerprint density at radius 1 is 0.848 bits per heavy atom. The first-order chi connectivity index (χ1) is 15.9. The van der Waals surface area contributed by atoms with Gasteiger partial charge in [-0.25, -0.2) is 18.7 Å². The van der Waals surface area contributed by atoms with E-state index in [0.717, 1.165) is 101 Å². The van der Waals surface area contributed by atoms with E-state index < -0.39 is 11.6 Å². The average Bonchev–Trinajstić information content (AvgIpc) is 3.17. The van der Waals surface area contributed by atoms with E-state index in [0.29, 0.717) is 10.9 Å². The number of imidazole rings is 1. The van der Waals surface area contributed by atoms with Crippen molar-refractivity contribution < 1.29 is 8.78 Å². The standard InChI is InChI=1S/C24H33F2N7/c1-4-20-28-22-23(33(20)14-11-31-9-5-29(2)6-10-31)21-18(26)15-17(25)16-19(21)27-24(22)32-12-7-30(3)8-13-32/h15-16H,4-14H2,1-3H3. The Labute approximate surface area is 193 Å². The Morgan fingerprint density at radius 2 is 1.52 bits per heavy atom. The maximum Gasteiger partial charge on any atom is 0.157 e. The van der Waals surface area contributed by atoms with Crippen LogP contribution in [-0.4, -0.2) is 102 Å². The fraction of sp³-hybridized carbons (Fsp3) is 0.583. The third-order valence-electron chi connectivity index (χ3n) is 7.11. The predicted octanol–water partition coefficient (Wildman–Crippen LogP) is 2.42. The van der Waals surface area contributed by atoms with Crippen LogP contribution < -0.4 is 4.90 Å². The molecule has 0 atom stereocenters. The lowest BCUT2D eigenvalue weighted by molar-refractivity contribution is 0.150. The molecule has 0 spiro atoms. The number of halogens is 2. The van der Waals surface area contributed by atoms with Gasteiger partial charge in [0, 0.05) is 84.0 Å². The number of anilines is 1. The Bertz CT molecular complexity index is 1150. The molecule has 0 amide bonds. The van der Waals surface area contributed by atoms with E-state index in [1.165, 1.54) is 6.07 Å². The first-order valence-corrected chi connectivity index (χ1v) is 12.0. The van der Waals surface area contributed by atoms with Gasteiger partial charge in [-0.15, -0.1) is 0 Å². The van der Waals surface area contributed by atoms with Crippen LogP contribution in [0.15, 0.2) is 12.1 Å². The van der Waals surface area contributed by atoms with Gasteiger partial charge in [-0.3, -0.25) is 4.90 Å². The number of benzene rings is 1. The summed E-state index contributed by atoms with van der Waals surface area (Å²) in [5, 5.41) is 0.370. The number of pyridine rings is 1. The zero-order valence-corrected chi connectivity index (χ0v) is 19.8. The van der Waals surface area contributed by atoms with Gasteiger partial charge in [0.1, 0.15) is 23.0 Å². The maximum absolute atomic E-state index is 15.2. The van der Waals surface area contributed by atoms with Crippen molar-refractivity contribution in [2.24, 2.45) is 0 Å². The first kappa shape index (κ1) is 22.4. The van der Waals surface area contributed by atoms with Gasteiger partial charge in [0.2, 0.25) is 0 Å². The smallest absolute Gasteiger partial charge is 0.157 e. The van der Waals surface area contributed by atoms with E-state index in [9.17, 15) is 4.39 Å². The highest BCUT2D eigenvalue weighted by molar-refractivity contribution is 6.07. The van der Waals surface area contributed by atoms with E-state index in [1.807, 2.05) is 0 Å². The maximum atomic E-state index is 15.2. The summed E-state index contributed by atoms with van der Waals surface area (Å²) in [5.74, 6) is 0.488. The first-order valence-electron chi connectivity index (χ1n) is 12.0. The SMILES string of the molecule is CCc1nc2c(N3CCN(C)CC3)nc3cc(F)cc(F)c3c2n1CCN1CCN(C)CC1. The van der Waals surface area contributed by atoms with Gasteiger partial charge in [0.05, 0.1) is 16.4 Å². The van der Waals surface area contributed by atoms with Gasteiger partial charge in [-0.05, 0) is 14.1 Å². The predicted molar refractivity (Wildman–Crippen MR) is 128 cm³/mol. The number of hydrogen-bond acceptors (Lipinski definition) is 6. The van der Waals surface area contributed by atoms with Crippen LogP contribution in [0.5, 0.6) is 0 Å². The average molecular weight is 458 g/mol. The zero-order valence-electron chi connectivity index (χ0n) is 19.8. The van der Waals surface area contributed by atoms with Crippen molar-refractivity contribution in [3.05, 3.63) is 29.6 Å². The van der Waals surface area contributed by atoms with Crippen LogP contribution in [0.2, 0.25) is 0 Å². The largest absolute Gasteiger partial charge is 0.352 e. The lowest BCUT2D eigenvalue weighted by Gasteiger charge is -2.33. The Kier molecular flexibility index (Phi) is 6.20. The molecule has 0 N–H and O–H groups in total. The molecule has 2 aliphatic heterocycles. The summed E-state index contributed by atoms with van der Waals surface area (Å²) in [4.78, 5) is 19.0. The molecule has 0 saturated carbocycles. The highest BCUT2D eigenvalue weighted by atomic mass is 19.1. The second kappa shape index (κ2) is 9.12. The fourth-order valence-electron chi connectivity index (χ4n) is 5.02. The zero-order chi connectivity index (χ0) is 23.1. The Balaban J connectivity index is 1.63. The van der Waals surface area contributed by atoms with Crippen molar-refractivity contribution in [1.82, 2.24) is 29.2 Å². The minimum atomic E-state index is -0.601.